The van der Waals surface area contributed by atoms with Gasteiger partial charge in [0.15, 0.2) is 5.82 Å². The van der Waals surface area contributed by atoms with Gasteiger partial charge in [0.2, 0.25) is 0 Å². The van der Waals surface area contributed by atoms with E-state index in [9.17, 15) is 13.9 Å². The molecule has 0 saturated carbocycles. The highest BCUT2D eigenvalue weighted by Gasteiger charge is 2.43. The molecule has 11 heteroatoms. The fourth-order valence-corrected chi connectivity index (χ4v) is 7.59. The molecule has 1 spiro atoms. The molecule has 0 radical (unpaired) electrons. The van der Waals surface area contributed by atoms with Crippen LogP contribution in [0.15, 0.2) is 30.5 Å². The van der Waals surface area contributed by atoms with Crippen LogP contribution in [0, 0.1) is 11.6 Å². The summed E-state index contributed by atoms with van der Waals surface area (Å²) in [6.07, 6.45) is 7.67. The van der Waals surface area contributed by atoms with E-state index in [2.05, 4.69) is 24.8 Å². The van der Waals surface area contributed by atoms with E-state index in [0.29, 0.717) is 58.7 Å². The Morgan fingerprint density at radius 3 is 2.71 bits per heavy atom. The monoisotopic (exact) mass is 621 g/mol. The highest BCUT2D eigenvalue weighted by molar-refractivity contribution is 6.01. The summed E-state index contributed by atoms with van der Waals surface area (Å²) in [6.45, 7) is 5.84. The summed E-state index contributed by atoms with van der Waals surface area (Å²) >= 11 is 0. The van der Waals surface area contributed by atoms with Gasteiger partial charge in [0.1, 0.15) is 34.8 Å². The van der Waals surface area contributed by atoms with Crippen molar-refractivity contribution in [2.45, 2.75) is 69.7 Å². The Kier molecular flexibility index (Phi) is 7.93. The number of fused-ring (bicyclic) bond motifs is 3. The molecule has 0 amide bonds. The molecule has 45 heavy (non-hydrogen) atoms. The average molecular weight is 622 g/mol. The number of phenolic OH excluding ortho intramolecular Hbond substituents is 1. The number of aromatic hydroxyl groups is 1. The minimum Gasteiger partial charge on any atom is -0.508 e. The van der Waals surface area contributed by atoms with Crippen molar-refractivity contribution in [2.75, 3.05) is 44.8 Å². The van der Waals surface area contributed by atoms with E-state index in [-0.39, 0.29) is 34.4 Å². The third-order valence-corrected chi connectivity index (χ3v) is 9.85. The number of hydrogen-bond donors (Lipinski definition) is 1. The summed E-state index contributed by atoms with van der Waals surface area (Å²) in [5.41, 5.74) is 0.591. The van der Waals surface area contributed by atoms with Gasteiger partial charge >= 0.3 is 6.01 Å². The topological polar surface area (TPSA) is 83.8 Å². The Morgan fingerprint density at radius 2 is 1.98 bits per heavy atom. The van der Waals surface area contributed by atoms with Crippen LogP contribution >= 0.6 is 0 Å². The highest BCUT2D eigenvalue weighted by atomic mass is 19.1. The maximum atomic E-state index is 16.2. The van der Waals surface area contributed by atoms with Gasteiger partial charge in [0.25, 0.3) is 0 Å². The summed E-state index contributed by atoms with van der Waals surface area (Å²) in [5.74, 6) is -0.584. The Bertz CT molecular complexity index is 1740. The minimum absolute atomic E-state index is 0.0205. The number of halogens is 3. The molecule has 0 bridgehead atoms. The second-order valence-corrected chi connectivity index (χ2v) is 12.6. The molecule has 4 aliphatic heterocycles. The molecule has 238 valence electrons. The van der Waals surface area contributed by atoms with E-state index in [1.165, 1.54) is 38.2 Å². The normalized spacial score (nSPS) is 24.5. The summed E-state index contributed by atoms with van der Waals surface area (Å²) in [6, 6.07) is 6.54. The van der Waals surface area contributed by atoms with Crippen molar-refractivity contribution in [3.05, 3.63) is 47.7 Å². The first-order chi connectivity index (χ1) is 21.8. The number of anilines is 1. The van der Waals surface area contributed by atoms with Crippen LogP contribution < -0.4 is 9.64 Å². The first-order valence-corrected chi connectivity index (χ1v) is 15.9. The van der Waals surface area contributed by atoms with Crippen molar-refractivity contribution < 1.29 is 27.8 Å². The van der Waals surface area contributed by atoms with E-state index < -0.39 is 12.0 Å². The van der Waals surface area contributed by atoms with E-state index in [0.717, 1.165) is 45.4 Å². The molecule has 4 fully saturated rings. The lowest BCUT2D eigenvalue weighted by Crippen LogP contribution is -2.56. The molecule has 6 heterocycles. The maximum Gasteiger partial charge on any atom is 0.318 e. The van der Waals surface area contributed by atoms with E-state index in [4.69, 9.17) is 9.47 Å². The molecule has 2 aromatic carbocycles. The van der Waals surface area contributed by atoms with Crippen LogP contribution in [0.3, 0.4) is 0 Å². The Balaban J connectivity index is 0.000000308. The number of benzene rings is 2. The standard InChI is InChI=1S/C27H26F2N4O3.C7H12FN/c1-3-17-20(28)6-5-15-11-16(34)12-18(21(15)17)23-22(29)24-19(13-30-23)25(32-26(31-24)35-2)33-9-4-7-27(14-33)8-10-36-27;8-6-4-7-2-1-3-9(7)5-6/h5-6,11-13,34H,3-4,7-10,14H2,1-2H3;6-7H,1-5H2. The van der Waals surface area contributed by atoms with Crippen molar-refractivity contribution in [2.24, 2.45) is 0 Å². The van der Waals surface area contributed by atoms with Gasteiger partial charge in [-0.2, -0.15) is 9.97 Å². The zero-order valence-corrected chi connectivity index (χ0v) is 25.7. The molecule has 4 aliphatic rings. The lowest BCUT2D eigenvalue weighted by Gasteiger charge is -2.48. The van der Waals surface area contributed by atoms with Crippen LogP contribution in [0.25, 0.3) is 32.9 Å². The van der Waals surface area contributed by atoms with E-state index >= 15 is 4.39 Å². The van der Waals surface area contributed by atoms with Gasteiger partial charge in [-0.15, -0.1) is 0 Å². The van der Waals surface area contributed by atoms with Gasteiger partial charge < -0.3 is 19.5 Å². The number of rotatable bonds is 4. The van der Waals surface area contributed by atoms with Gasteiger partial charge in [0.05, 0.1) is 24.7 Å². The third-order valence-electron chi connectivity index (χ3n) is 9.85. The number of methoxy groups -OCH3 is 1. The lowest BCUT2D eigenvalue weighted by molar-refractivity contribution is -0.151. The molecule has 3 unspecified atom stereocenters. The van der Waals surface area contributed by atoms with Crippen molar-refractivity contribution in [3.8, 4) is 23.0 Å². The van der Waals surface area contributed by atoms with Crippen LogP contribution in [-0.2, 0) is 11.2 Å². The van der Waals surface area contributed by atoms with Crippen LogP contribution in [0.5, 0.6) is 11.8 Å². The van der Waals surface area contributed by atoms with E-state index in [1.54, 1.807) is 12.3 Å². The Hall–Kier alpha value is -3.70. The molecular formula is C34H38F3N5O3. The van der Waals surface area contributed by atoms with Gasteiger partial charge in [-0.1, -0.05) is 13.0 Å². The number of piperidine rings is 1. The smallest absolute Gasteiger partial charge is 0.318 e. The van der Waals surface area contributed by atoms with Gasteiger partial charge in [0, 0.05) is 43.9 Å². The maximum absolute atomic E-state index is 16.2. The van der Waals surface area contributed by atoms with Crippen LogP contribution in [0.1, 0.15) is 51.0 Å². The van der Waals surface area contributed by atoms with Crippen LogP contribution in [-0.4, -0.2) is 82.7 Å². The predicted molar refractivity (Wildman–Crippen MR) is 167 cm³/mol. The van der Waals surface area contributed by atoms with E-state index in [1.807, 2.05) is 6.92 Å². The molecule has 1 N–H and O–H groups in total. The highest BCUT2D eigenvalue weighted by Crippen LogP contribution is 2.41. The number of alkyl halides is 1. The summed E-state index contributed by atoms with van der Waals surface area (Å²) in [4.78, 5) is 17.7. The van der Waals surface area contributed by atoms with Gasteiger partial charge in [-0.3, -0.25) is 9.88 Å². The molecular weight excluding hydrogens is 583 g/mol. The molecule has 8 rings (SSSR count). The predicted octanol–water partition coefficient (Wildman–Crippen LogP) is 6.35. The minimum atomic E-state index is -0.681. The van der Waals surface area contributed by atoms with Crippen molar-refractivity contribution >= 4 is 27.5 Å². The Labute approximate surface area is 260 Å². The molecule has 3 atom stereocenters. The second-order valence-electron chi connectivity index (χ2n) is 12.6. The van der Waals surface area contributed by atoms with Crippen molar-refractivity contribution in [1.29, 1.82) is 0 Å². The number of ether oxygens (including phenoxy) is 2. The third kappa shape index (κ3) is 5.43. The van der Waals surface area contributed by atoms with Gasteiger partial charge in [-0.05, 0) is 79.6 Å². The first kappa shape index (κ1) is 30.0. The Morgan fingerprint density at radius 1 is 1.13 bits per heavy atom. The lowest BCUT2D eigenvalue weighted by atomic mass is 9.86. The molecule has 0 aliphatic carbocycles. The molecule has 8 nitrogen and oxygen atoms in total. The summed E-state index contributed by atoms with van der Waals surface area (Å²) in [5, 5.41) is 12.0. The van der Waals surface area contributed by atoms with Crippen molar-refractivity contribution in [1.82, 2.24) is 19.9 Å². The number of pyridine rings is 1. The number of phenols is 1. The number of aryl methyl sites for hydroxylation is 1. The van der Waals surface area contributed by atoms with Crippen molar-refractivity contribution in [3.63, 3.8) is 0 Å². The SMILES string of the molecule is CCc1c(F)ccc2cc(O)cc(-c3ncc4c(N5CCCC6(CCO6)C5)nc(OC)nc4c3F)c12.FC1CC2CCCN2C1. The zero-order chi connectivity index (χ0) is 31.3. The fourth-order valence-electron chi connectivity index (χ4n) is 7.59. The van der Waals surface area contributed by atoms with Crippen LogP contribution in [0.2, 0.25) is 0 Å². The average Bonchev–Trinajstić information content (AvgIpc) is 3.61. The quantitative estimate of drug-likeness (QED) is 0.282. The summed E-state index contributed by atoms with van der Waals surface area (Å²) in [7, 11) is 1.44. The van der Waals surface area contributed by atoms with Gasteiger partial charge in [-0.25, -0.2) is 13.2 Å². The number of aromatic nitrogens is 3. The summed E-state index contributed by atoms with van der Waals surface area (Å²) < 4.78 is 54.7. The zero-order valence-electron chi connectivity index (χ0n) is 25.7. The van der Waals surface area contributed by atoms with Crippen LogP contribution in [0.4, 0.5) is 19.0 Å². The number of nitrogens with zero attached hydrogens (tertiary/aromatic N) is 5. The molecule has 2 aromatic heterocycles. The fraction of sp³-hybridized carbons (Fsp3) is 0.500. The molecule has 4 aromatic rings. The second kappa shape index (κ2) is 11.9. The first-order valence-electron chi connectivity index (χ1n) is 15.9. The number of hydrogen-bond acceptors (Lipinski definition) is 8. The largest absolute Gasteiger partial charge is 0.508 e. The molecule has 4 saturated heterocycles.